The molecule has 3 aliphatic rings. The van der Waals surface area contributed by atoms with Gasteiger partial charge < -0.3 is 41.9 Å². The average Bonchev–Trinajstić information content (AvgIpc) is 2.95. The van der Waals surface area contributed by atoms with Crippen LogP contribution < -0.4 is 16.4 Å². The van der Waals surface area contributed by atoms with Crippen LogP contribution in [0.5, 0.6) is 5.75 Å². The van der Waals surface area contributed by atoms with Crippen molar-refractivity contribution in [3.63, 3.8) is 0 Å². The van der Waals surface area contributed by atoms with Gasteiger partial charge in [-0.05, 0) is 57.5 Å². The van der Waals surface area contributed by atoms with Crippen LogP contribution in [0.4, 0.5) is 5.69 Å². The molecule has 244 valence electrons. The number of likely N-dealkylation sites (N-methyl/N-ethyl adjacent to an activating group) is 1. The van der Waals surface area contributed by atoms with Gasteiger partial charge in [0.2, 0.25) is 11.7 Å². The van der Waals surface area contributed by atoms with E-state index < -0.39 is 88.1 Å². The van der Waals surface area contributed by atoms with Crippen LogP contribution in [0, 0.1) is 11.8 Å². The first-order valence-electron chi connectivity index (χ1n) is 14.9. The lowest BCUT2D eigenvalue weighted by Crippen LogP contribution is -2.65. The number of carboxylic acids is 1. The Bertz CT molecular complexity index is 1500. The molecule has 1 saturated carbocycles. The van der Waals surface area contributed by atoms with E-state index in [9.17, 15) is 49.5 Å². The number of Topliss-reactive ketones (excluding diaryl/α,β-unsaturated/α-hetero) is 2. The summed E-state index contributed by atoms with van der Waals surface area (Å²) in [5.41, 5.74) is 1.43. The van der Waals surface area contributed by atoms with Gasteiger partial charge in [-0.1, -0.05) is 32.3 Å². The number of carbonyl (C=O) groups is 5. The normalized spacial score (nSPS) is 25.0. The number of nitrogens with zero attached hydrogens (tertiary/aromatic N) is 1. The van der Waals surface area contributed by atoms with Gasteiger partial charge in [0.25, 0.3) is 5.91 Å². The molecule has 1 fully saturated rings. The molecular formula is C31H40N4O10. The number of aliphatic hydroxyl groups is 3. The van der Waals surface area contributed by atoms with E-state index in [4.69, 9.17) is 5.73 Å². The fourth-order valence-corrected chi connectivity index (χ4v) is 6.80. The summed E-state index contributed by atoms with van der Waals surface area (Å²) < 4.78 is 0. The Balaban J connectivity index is 1.70. The number of anilines is 1. The number of hydrogen-bond acceptors (Lipinski definition) is 11. The van der Waals surface area contributed by atoms with Crippen LogP contribution in [0.2, 0.25) is 0 Å². The predicted molar refractivity (Wildman–Crippen MR) is 161 cm³/mol. The third kappa shape index (κ3) is 5.92. The molecule has 0 radical (unpaired) electrons. The van der Waals surface area contributed by atoms with E-state index in [1.165, 1.54) is 31.1 Å². The van der Waals surface area contributed by atoms with Gasteiger partial charge in [-0.2, -0.15) is 0 Å². The quantitative estimate of drug-likeness (QED) is 0.0916. The number of rotatable bonds is 12. The Hall–Kier alpha value is -4.27. The SMILES string of the molecule is CCCCCCN[C@@H](CC(=O)O)C(=O)Nc1ccc2c(c1O)C(O)=C1C(=O)C3(O)C(O)=C(C(N)=O)C(=O)C(N(C)C)C3CC1C2. The first-order valence-corrected chi connectivity index (χ1v) is 14.9. The van der Waals surface area contributed by atoms with Gasteiger partial charge >= 0.3 is 5.97 Å². The number of fused-ring (bicyclic) bond motifs is 3. The second kappa shape index (κ2) is 13.0. The fourth-order valence-electron chi connectivity index (χ4n) is 6.80. The molecule has 1 aromatic rings. The summed E-state index contributed by atoms with van der Waals surface area (Å²) in [6, 6.07) is 0.623. The lowest BCUT2D eigenvalue weighted by Gasteiger charge is -2.50. The maximum atomic E-state index is 14.0. The highest BCUT2D eigenvalue weighted by atomic mass is 16.4. The van der Waals surface area contributed by atoms with Crippen LogP contribution in [0.15, 0.2) is 29.0 Å². The first-order chi connectivity index (χ1) is 21.2. The third-order valence-electron chi connectivity index (χ3n) is 8.97. The largest absolute Gasteiger partial charge is 0.508 e. The summed E-state index contributed by atoms with van der Waals surface area (Å²) >= 11 is 0. The lowest BCUT2D eigenvalue weighted by molar-refractivity contribution is -0.153. The number of aromatic hydroxyl groups is 1. The number of phenols is 1. The Morgan fingerprint density at radius 1 is 1.11 bits per heavy atom. The van der Waals surface area contributed by atoms with Gasteiger partial charge in [0.15, 0.2) is 11.4 Å². The van der Waals surface area contributed by atoms with Crippen LogP contribution in [0.25, 0.3) is 5.76 Å². The number of amides is 2. The topological polar surface area (TPSA) is 240 Å². The molecule has 14 heteroatoms. The molecule has 45 heavy (non-hydrogen) atoms. The molecule has 14 nitrogen and oxygen atoms in total. The second-order valence-electron chi connectivity index (χ2n) is 12.1. The van der Waals surface area contributed by atoms with Gasteiger partial charge in [-0.15, -0.1) is 0 Å². The molecular weight excluding hydrogens is 588 g/mol. The van der Waals surface area contributed by atoms with Gasteiger partial charge in [-0.25, -0.2) is 0 Å². The van der Waals surface area contributed by atoms with Crippen molar-refractivity contribution < 1.29 is 49.5 Å². The van der Waals surface area contributed by atoms with Crippen molar-refractivity contribution in [2.45, 2.75) is 69.6 Å². The molecule has 0 bridgehead atoms. The van der Waals surface area contributed by atoms with Crippen molar-refractivity contribution in [3.8, 4) is 5.75 Å². The Kier molecular flexibility index (Phi) is 9.71. The molecule has 3 aliphatic carbocycles. The van der Waals surface area contributed by atoms with E-state index in [0.717, 1.165) is 25.7 Å². The minimum Gasteiger partial charge on any atom is -0.508 e. The Morgan fingerprint density at radius 2 is 1.80 bits per heavy atom. The fraction of sp³-hybridized carbons (Fsp3) is 0.516. The Morgan fingerprint density at radius 3 is 2.40 bits per heavy atom. The molecule has 4 rings (SSSR count). The molecule has 0 saturated heterocycles. The molecule has 0 heterocycles. The van der Waals surface area contributed by atoms with E-state index in [-0.39, 0.29) is 29.7 Å². The van der Waals surface area contributed by atoms with Crippen molar-refractivity contribution >= 4 is 40.8 Å². The molecule has 0 spiro atoms. The number of ketones is 2. The Labute approximate surface area is 259 Å². The number of aliphatic carboxylic acids is 1. The monoisotopic (exact) mass is 628 g/mol. The summed E-state index contributed by atoms with van der Waals surface area (Å²) in [7, 11) is 3.04. The van der Waals surface area contributed by atoms with Crippen LogP contribution in [-0.4, -0.2) is 98.1 Å². The van der Waals surface area contributed by atoms with E-state index in [0.29, 0.717) is 12.1 Å². The van der Waals surface area contributed by atoms with Gasteiger partial charge in [-0.3, -0.25) is 28.9 Å². The first kappa shape index (κ1) is 33.6. The van der Waals surface area contributed by atoms with Crippen LogP contribution in [0.3, 0.4) is 0 Å². The summed E-state index contributed by atoms with van der Waals surface area (Å²) in [4.78, 5) is 65.2. The highest BCUT2D eigenvalue weighted by Gasteiger charge is 2.64. The molecule has 2 amide bonds. The molecule has 5 atom stereocenters. The number of primary amides is 1. The zero-order valence-corrected chi connectivity index (χ0v) is 25.4. The highest BCUT2D eigenvalue weighted by Crippen LogP contribution is 2.53. The zero-order chi connectivity index (χ0) is 33.4. The van der Waals surface area contributed by atoms with E-state index in [1.807, 2.05) is 0 Å². The van der Waals surface area contributed by atoms with Gasteiger partial charge in [0.05, 0.1) is 29.8 Å². The van der Waals surface area contributed by atoms with E-state index in [1.54, 1.807) is 0 Å². The molecule has 4 unspecified atom stereocenters. The van der Waals surface area contributed by atoms with Crippen molar-refractivity contribution in [1.29, 1.82) is 0 Å². The van der Waals surface area contributed by atoms with Gasteiger partial charge in [0, 0.05) is 11.5 Å². The minimum atomic E-state index is -2.77. The summed E-state index contributed by atoms with van der Waals surface area (Å²) in [5, 5.41) is 60.0. The lowest BCUT2D eigenvalue weighted by atomic mass is 9.57. The smallest absolute Gasteiger partial charge is 0.305 e. The number of phenolic OH excluding ortho intramolecular Hbond substituents is 1. The molecule has 0 aromatic heterocycles. The van der Waals surface area contributed by atoms with Gasteiger partial charge in [0.1, 0.15) is 22.8 Å². The maximum absolute atomic E-state index is 14.0. The number of aliphatic hydroxyl groups excluding tert-OH is 2. The third-order valence-corrected chi connectivity index (χ3v) is 8.97. The van der Waals surface area contributed by atoms with E-state index in [2.05, 4.69) is 17.6 Å². The number of carboxylic acid groups (broad SMARTS) is 1. The van der Waals surface area contributed by atoms with Crippen molar-refractivity contribution in [3.05, 3.63) is 40.2 Å². The van der Waals surface area contributed by atoms with Crippen LogP contribution in [0.1, 0.15) is 56.6 Å². The summed E-state index contributed by atoms with van der Waals surface area (Å²) in [6.07, 6.45) is 3.18. The van der Waals surface area contributed by atoms with Crippen molar-refractivity contribution in [1.82, 2.24) is 10.2 Å². The van der Waals surface area contributed by atoms with E-state index >= 15 is 0 Å². The number of nitrogens with one attached hydrogen (secondary N) is 2. The second-order valence-corrected chi connectivity index (χ2v) is 12.1. The van der Waals surface area contributed by atoms with Crippen LogP contribution in [-0.2, 0) is 30.4 Å². The van der Waals surface area contributed by atoms with Crippen LogP contribution >= 0.6 is 0 Å². The number of benzene rings is 1. The highest BCUT2D eigenvalue weighted by molar-refractivity contribution is 6.24. The number of hydrogen-bond donors (Lipinski definition) is 8. The zero-order valence-electron chi connectivity index (χ0n) is 25.4. The summed E-state index contributed by atoms with van der Waals surface area (Å²) in [6.45, 7) is 2.45. The summed E-state index contributed by atoms with van der Waals surface area (Å²) in [5.74, 6) is -9.64. The minimum absolute atomic E-state index is 0.0498. The number of carbonyl (C=O) groups excluding carboxylic acids is 4. The molecule has 9 N–H and O–H groups in total. The van der Waals surface area contributed by atoms with Crippen molar-refractivity contribution in [2.75, 3.05) is 26.0 Å². The predicted octanol–water partition coefficient (Wildman–Crippen LogP) is 0.916. The standard InChI is InChI=1S/C31H40N4O10/c1-4-5-6-7-10-33-18(13-19(36)37)30(44)34-17-9-8-14-11-15-12-16-23(35(2)3)26(40)22(29(32)43)28(42)31(16,45)27(41)21(15)25(39)20(14)24(17)38/h8-9,15-16,18,23,33,38-39,42,45H,4-7,10-13H2,1-3H3,(H2,32,43)(H,34,44)(H,36,37)/t15?,16?,18-,23?,31?/m0/s1. The average molecular weight is 629 g/mol. The number of nitrogens with two attached hydrogens (primary N) is 1. The molecule has 0 aliphatic heterocycles. The molecule has 1 aromatic carbocycles. The number of unbranched alkanes of at least 4 members (excludes halogenated alkanes) is 3. The maximum Gasteiger partial charge on any atom is 0.305 e. The van der Waals surface area contributed by atoms with Crippen molar-refractivity contribution in [2.24, 2.45) is 17.6 Å².